The van der Waals surface area contributed by atoms with Gasteiger partial charge in [0.15, 0.2) is 11.7 Å². The number of guanidine groups is 1. The molecule has 6 nitrogen and oxygen atoms in total. The molecule has 0 aliphatic rings. The van der Waals surface area contributed by atoms with Crippen LogP contribution >= 0.6 is 35.3 Å². The van der Waals surface area contributed by atoms with Crippen molar-refractivity contribution in [2.45, 2.75) is 25.9 Å². The minimum absolute atomic E-state index is 0. The number of rotatable bonds is 7. The van der Waals surface area contributed by atoms with Crippen LogP contribution in [-0.2, 0) is 19.3 Å². The molecule has 0 atom stereocenters. The predicted octanol–water partition coefficient (Wildman–Crippen LogP) is 4.26. The van der Waals surface area contributed by atoms with Crippen LogP contribution in [0.15, 0.2) is 28.6 Å². The number of nitrogens with one attached hydrogen (secondary N) is 2. The van der Waals surface area contributed by atoms with Crippen molar-refractivity contribution in [1.29, 1.82) is 0 Å². The summed E-state index contributed by atoms with van der Waals surface area (Å²) in [7, 11) is 2.86. The van der Waals surface area contributed by atoms with E-state index in [1.807, 2.05) is 0 Å². The highest BCUT2D eigenvalue weighted by molar-refractivity contribution is 14.0. The Hall–Kier alpha value is -1.90. The monoisotopic (exact) mass is 552 g/mol. The van der Waals surface area contributed by atoms with Crippen LogP contribution in [0.2, 0.25) is 0 Å². The number of aromatic nitrogens is 1. The molecule has 0 radical (unpaired) electrons. The van der Waals surface area contributed by atoms with E-state index in [9.17, 15) is 22.0 Å². The van der Waals surface area contributed by atoms with Gasteiger partial charge in [-0.1, -0.05) is 0 Å². The summed E-state index contributed by atoms with van der Waals surface area (Å²) in [5.74, 6) is 0.542. The lowest BCUT2D eigenvalue weighted by atomic mass is 10.2. The number of methoxy groups -OCH3 is 1. The number of benzene rings is 1. The van der Waals surface area contributed by atoms with Crippen LogP contribution in [-0.4, -0.2) is 31.7 Å². The number of alkyl halides is 5. The molecule has 0 fully saturated rings. The van der Waals surface area contributed by atoms with E-state index in [1.165, 1.54) is 20.2 Å². The molecule has 1 aromatic heterocycles. The minimum Gasteiger partial charge on any atom is -0.497 e. The van der Waals surface area contributed by atoms with Crippen LogP contribution < -0.4 is 20.1 Å². The quantitative estimate of drug-likeness (QED) is 0.233. The van der Waals surface area contributed by atoms with Crippen LogP contribution in [0.3, 0.4) is 0 Å². The van der Waals surface area contributed by atoms with Crippen LogP contribution in [0.4, 0.5) is 22.0 Å². The maximum atomic E-state index is 12.6. The number of hydrogen-bond donors (Lipinski definition) is 2. The Kier molecular flexibility index (Phi) is 9.82. The molecule has 1 heterocycles. The first-order valence-electron chi connectivity index (χ1n) is 7.80. The Morgan fingerprint density at radius 2 is 1.93 bits per heavy atom. The topological polar surface area (TPSA) is 67.8 Å². The molecule has 2 N–H and O–H groups in total. The van der Waals surface area contributed by atoms with Gasteiger partial charge in [-0.3, -0.25) is 4.99 Å². The van der Waals surface area contributed by atoms with E-state index >= 15 is 0 Å². The molecule has 0 amide bonds. The Morgan fingerprint density at radius 1 is 1.24 bits per heavy atom. The SMILES string of the molecule is CN=C(NCc1nc(C(F)(F)F)cs1)NCc1ccc(OC)cc1OC(F)F.I. The molecule has 2 aromatic rings. The minimum atomic E-state index is -4.50. The molecule has 0 spiro atoms. The number of hydrogen-bond acceptors (Lipinski definition) is 5. The Balaban J connectivity index is 0.00000420. The van der Waals surface area contributed by atoms with Gasteiger partial charge >= 0.3 is 12.8 Å². The summed E-state index contributed by atoms with van der Waals surface area (Å²) in [5, 5.41) is 6.83. The highest BCUT2D eigenvalue weighted by Crippen LogP contribution is 2.30. The molecule has 0 saturated heterocycles. The highest BCUT2D eigenvalue weighted by Gasteiger charge is 2.33. The van der Waals surface area contributed by atoms with Crippen molar-refractivity contribution in [3.8, 4) is 11.5 Å². The fourth-order valence-corrected chi connectivity index (χ4v) is 2.84. The lowest BCUT2D eigenvalue weighted by Gasteiger charge is -2.15. The molecule has 13 heteroatoms. The van der Waals surface area contributed by atoms with Crippen molar-refractivity contribution in [2.75, 3.05) is 14.2 Å². The summed E-state index contributed by atoms with van der Waals surface area (Å²) < 4.78 is 72.4. The lowest BCUT2D eigenvalue weighted by Crippen LogP contribution is -2.36. The van der Waals surface area contributed by atoms with Gasteiger partial charge < -0.3 is 20.1 Å². The van der Waals surface area contributed by atoms with E-state index in [2.05, 4.69) is 25.3 Å². The number of nitrogens with zero attached hydrogens (tertiary/aromatic N) is 2. The van der Waals surface area contributed by atoms with Gasteiger partial charge in [0.05, 0.1) is 13.7 Å². The van der Waals surface area contributed by atoms with Crippen molar-refractivity contribution in [2.24, 2.45) is 4.99 Å². The van der Waals surface area contributed by atoms with Crippen LogP contribution in [0.1, 0.15) is 16.3 Å². The molecule has 29 heavy (non-hydrogen) atoms. The van der Waals surface area contributed by atoms with Gasteiger partial charge in [-0.2, -0.15) is 22.0 Å². The van der Waals surface area contributed by atoms with Gasteiger partial charge in [-0.15, -0.1) is 35.3 Å². The zero-order valence-electron chi connectivity index (χ0n) is 15.2. The van der Waals surface area contributed by atoms with Gasteiger partial charge in [0.2, 0.25) is 0 Å². The van der Waals surface area contributed by atoms with Crippen molar-refractivity contribution in [3.05, 3.63) is 39.8 Å². The number of halogens is 6. The maximum absolute atomic E-state index is 12.6. The van der Waals surface area contributed by atoms with E-state index in [-0.39, 0.29) is 53.8 Å². The smallest absolute Gasteiger partial charge is 0.434 e. The third-order valence-electron chi connectivity index (χ3n) is 3.41. The molecule has 0 bridgehead atoms. The van der Waals surface area contributed by atoms with Crippen molar-refractivity contribution in [3.63, 3.8) is 0 Å². The second-order valence-corrected chi connectivity index (χ2v) is 6.20. The lowest BCUT2D eigenvalue weighted by molar-refractivity contribution is -0.140. The maximum Gasteiger partial charge on any atom is 0.434 e. The van der Waals surface area contributed by atoms with Crippen molar-refractivity contribution in [1.82, 2.24) is 15.6 Å². The summed E-state index contributed by atoms with van der Waals surface area (Å²) in [6.45, 7) is -2.91. The summed E-state index contributed by atoms with van der Waals surface area (Å²) >= 11 is 0.863. The van der Waals surface area contributed by atoms with Gasteiger partial charge in [-0.05, 0) is 12.1 Å². The Bertz CT molecular complexity index is 817. The first-order chi connectivity index (χ1) is 13.2. The predicted molar refractivity (Wildman–Crippen MR) is 109 cm³/mol. The fourth-order valence-electron chi connectivity index (χ4n) is 2.09. The molecule has 0 aliphatic carbocycles. The normalized spacial score (nSPS) is 11.8. The molecule has 0 unspecified atom stereocenters. The molecular formula is C16H18F5IN4O2S. The third-order valence-corrected chi connectivity index (χ3v) is 4.26. The number of aliphatic imine (C=N–C) groups is 1. The number of thiazole rings is 1. The van der Waals surface area contributed by atoms with Crippen LogP contribution in [0, 0.1) is 0 Å². The second-order valence-electron chi connectivity index (χ2n) is 5.26. The van der Waals surface area contributed by atoms with Gasteiger partial charge in [0.1, 0.15) is 16.5 Å². The third kappa shape index (κ3) is 7.79. The van der Waals surface area contributed by atoms with E-state index in [1.54, 1.807) is 12.1 Å². The molecular weight excluding hydrogens is 534 g/mol. The van der Waals surface area contributed by atoms with Gasteiger partial charge in [0, 0.05) is 30.6 Å². The highest BCUT2D eigenvalue weighted by atomic mass is 127. The van der Waals surface area contributed by atoms with Crippen LogP contribution in [0.25, 0.3) is 0 Å². The first kappa shape index (κ1) is 25.1. The summed E-state index contributed by atoms with van der Waals surface area (Å²) in [6, 6.07) is 4.46. The largest absolute Gasteiger partial charge is 0.497 e. The first-order valence-corrected chi connectivity index (χ1v) is 8.68. The van der Waals surface area contributed by atoms with Crippen molar-refractivity contribution >= 4 is 41.3 Å². The fraction of sp³-hybridized carbons (Fsp3) is 0.375. The average molecular weight is 552 g/mol. The molecule has 0 aliphatic heterocycles. The van der Waals surface area contributed by atoms with E-state index < -0.39 is 18.5 Å². The van der Waals surface area contributed by atoms with E-state index in [0.29, 0.717) is 11.3 Å². The average Bonchev–Trinajstić information content (AvgIpc) is 3.11. The Morgan fingerprint density at radius 3 is 2.48 bits per heavy atom. The summed E-state index contributed by atoms with van der Waals surface area (Å²) in [5.41, 5.74) is -0.540. The molecule has 162 valence electrons. The summed E-state index contributed by atoms with van der Waals surface area (Å²) in [4.78, 5) is 7.44. The zero-order chi connectivity index (χ0) is 20.7. The van der Waals surface area contributed by atoms with Crippen molar-refractivity contribution < 1.29 is 31.4 Å². The van der Waals surface area contributed by atoms with E-state index in [0.717, 1.165) is 16.7 Å². The van der Waals surface area contributed by atoms with Crippen LogP contribution in [0.5, 0.6) is 11.5 Å². The zero-order valence-corrected chi connectivity index (χ0v) is 18.4. The van der Waals surface area contributed by atoms with Gasteiger partial charge in [-0.25, -0.2) is 4.98 Å². The summed E-state index contributed by atoms with van der Waals surface area (Å²) in [6.07, 6.45) is -4.50. The van der Waals surface area contributed by atoms with Gasteiger partial charge in [0.25, 0.3) is 0 Å². The molecule has 2 rings (SSSR count). The standard InChI is InChI=1S/C16H17F5N4O2S.HI/c1-22-15(24-7-13-25-12(8-28-13)16(19,20)21)23-6-9-3-4-10(26-2)5-11(9)27-14(17)18;/h3-5,8,14H,6-7H2,1-2H3,(H2,22,23,24);1H. The second kappa shape index (κ2) is 11.3. The van der Waals surface area contributed by atoms with E-state index in [4.69, 9.17) is 4.74 Å². The molecule has 1 aromatic carbocycles. The molecule has 0 saturated carbocycles. The Labute approximate surface area is 184 Å². The number of ether oxygens (including phenoxy) is 2.